The van der Waals surface area contributed by atoms with Crippen molar-refractivity contribution in [3.8, 4) is 0 Å². The average Bonchev–Trinajstić information content (AvgIpc) is 4.09. The van der Waals surface area contributed by atoms with E-state index in [9.17, 15) is 19.2 Å². The fourth-order valence-corrected chi connectivity index (χ4v) is 8.00. The van der Waals surface area contributed by atoms with E-state index in [1.807, 2.05) is 36.4 Å². The molecule has 0 aromatic heterocycles. The summed E-state index contributed by atoms with van der Waals surface area (Å²) in [4.78, 5) is 55.8. The van der Waals surface area contributed by atoms with E-state index in [0.717, 1.165) is 25.7 Å². The van der Waals surface area contributed by atoms with Gasteiger partial charge in [-0.15, -0.1) is 0 Å². The lowest BCUT2D eigenvalue weighted by Gasteiger charge is -2.18. The first-order valence-corrected chi connectivity index (χ1v) is 20.1. The van der Waals surface area contributed by atoms with Crippen molar-refractivity contribution < 1.29 is 19.2 Å². The van der Waals surface area contributed by atoms with E-state index < -0.39 is 11.8 Å². The van der Waals surface area contributed by atoms with Crippen LogP contribution < -0.4 is 10.6 Å². The molecule has 2 aliphatic carbocycles. The van der Waals surface area contributed by atoms with Gasteiger partial charge in [0.2, 0.25) is 11.8 Å². The number of hydrogen-bond acceptors (Lipinski definition) is 4. The van der Waals surface area contributed by atoms with Crippen LogP contribution in [0, 0.1) is 11.8 Å². The first kappa shape index (κ1) is 37.5. The summed E-state index contributed by atoms with van der Waals surface area (Å²) in [7, 11) is 0. The van der Waals surface area contributed by atoms with Crippen LogP contribution in [-0.4, -0.2) is 53.6 Å². The number of likely N-dealkylation sites (tertiary alicyclic amines) is 1. The third kappa shape index (κ3) is 10.2. The molecule has 7 heteroatoms. The number of unbranched alkanes of at least 4 members (excludes halogenated alkanes) is 10. The van der Waals surface area contributed by atoms with Crippen LogP contribution in [0.15, 0.2) is 84.9 Å². The first-order valence-electron chi connectivity index (χ1n) is 20.1. The van der Waals surface area contributed by atoms with Gasteiger partial charge in [0.15, 0.2) is 5.78 Å². The van der Waals surface area contributed by atoms with Crippen molar-refractivity contribution in [2.75, 3.05) is 13.1 Å². The Labute approximate surface area is 310 Å². The fourth-order valence-electron chi connectivity index (χ4n) is 8.00. The molecule has 1 heterocycles. The molecule has 1 saturated heterocycles. The number of ketones is 1. The van der Waals surface area contributed by atoms with Crippen LogP contribution in [-0.2, 0) is 9.59 Å². The van der Waals surface area contributed by atoms with E-state index in [1.165, 1.54) is 68.9 Å². The Balaban J connectivity index is 1.00. The number of nitrogens with one attached hydrogen (secondary N) is 2. The molecule has 2 saturated carbocycles. The van der Waals surface area contributed by atoms with E-state index in [0.29, 0.717) is 17.5 Å². The Morgan fingerprint density at radius 1 is 0.558 bits per heavy atom. The second-order valence-electron chi connectivity index (χ2n) is 15.4. The normalized spacial score (nSPS) is 23.2. The van der Waals surface area contributed by atoms with Crippen molar-refractivity contribution in [3.63, 3.8) is 0 Å². The summed E-state index contributed by atoms with van der Waals surface area (Å²) in [6.45, 7) is 2.61. The highest BCUT2D eigenvalue weighted by Crippen LogP contribution is 2.42. The SMILES string of the molecule is CCCCCCCCCCCCCC(=O)c1ccc(C(=O)N2C[C@@H](C(=O)N[C@H]3C[C@@H]3c3ccccc3)[C@H](C(=O)N[C@H]3C[C@@H]3c3ccccc3)C2)cc1. The average molecular weight is 704 g/mol. The van der Waals surface area contributed by atoms with Crippen molar-refractivity contribution >= 4 is 23.5 Å². The molecular weight excluding hydrogens is 647 g/mol. The molecule has 3 aliphatic rings. The van der Waals surface area contributed by atoms with Gasteiger partial charge in [-0.3, -0.25) is 19.2 Å². The highest BCUT2D eigenvalue weighted by Gasteiger charge is 2.48. The Morgan fingerprint density at radius 3 is 1.44 bits per heavy atom. The molecule has 2 N–H and O–H groups in total. The maximum atomic E-state index is 13.8. The van der Waals surface area contributed by atoms with Crippen molar-refractivity contribution in [2.45, 2.75) is 121 Å². The molecule has 0 unspecified atom stereocenters. The Hall–Kier alpha value is -4.26. The highest BCUT2D eigenvalue weighted by atomic mass is 16.2. The molecule has 0 radical (unpaired) electrons. The number of carbonyl (C=O) groups is 4. The van der Waals surface area contributed by atoms with Crippen LogP contribution in [0.25, 0.3) is 0 Å². The number of nitrogens with zero attached hydrogens (tertiary/aromatic N) is 1. The molecule has 276 valence electrons. The first-order chi connectivity index (χ1) is 25.4. The number of hydrogen-bond donors (Lipinski definition) is 2. The fraction of sp³-hybridized carbons (Fsp3) is 0.511. The molecule has 0 spiro atoms. The lowest BCUT2D eigenvalue weighted by molar-refractivity contribution is -0.133. The van der Waals surface area contributed by atoms with E-state index in [1.54, 1.807) is 29.2 Å². The molecule has 1 aliphatic heterocycles. The second-order valence-corrected chi connectivity index (χ2v) is 15.4. The highest BCUT2D eigenvalue weighted by molar-refractivity contribution is 5.99. The zero-order valence-corrected chi connectivity index (χ0v) is 30.9. The van der Waals surface area contributed by atoms with Crippen molar-refractivity contribution in [1.29, 1.82) is 0 Å². The third-order valence-corrected chi connectivity index (χ3v) is 11.4. The standard InChI is InChI=1S/C45H57N3O4/c1-2-3-4-5-6-7-8-9-10-11-18-23-42(49)34-24-26-35(27-25-34)45(52)48-30-38(43(50)46-40-28-36(40)32-19-14-12-15-20-32)39(31-48)44(51)47-41-29-37(41)33-21-16-13-17-22-33/h12-17,19-22,24-27,36-41H,2-11,18,23,28-31H2,1H3,(H,46,50)(H,47,51)/t36-,37-,38-,39-,40+,41+/m1/s1. The lowest BCUT2D eigenvalue weighted by Crippen LogP contribution is -2.43. The second kappa shape index (κ2) is 18.5. The summed E-state index contributed by atoms with van der Waals surface area (Å²) in [5, 5.41) is 6.40. The summed E-state index contributed by atoms with van der Waals surface area (Å²) < 4.78 is 0. The van der Waals surface area contributed by atoms with Crippen LogP contribution in [0.1, 0.15) is 140 Å². The van der Waals surface area contributed by atoms with Crippen molar-refractivity contribution in [1.82, 2.24) is 15.5 Å². The van der Waals surface area contributed by atoms with Gasteiger partial charge in [-0.25, -0.2) is 0 Å². The van der Waals surface area contributed by atoms with Crippen LogP contribution in [0.2, 0.25) is 0 Å². The topological polar surface area (TPSA) is 95.6 Å². The molecule has 52 heavy (non-hydrogen) atoms. The Kier molecular flexibility index (Phi) is 13.3. The minimum atomic E-state index is -0.637. The van der Waals surface area contributed by atoms with Gasteiger partial charge in [0.25, 0.3) is 5.91 Å². The largest absolute Gasteiger partial charge is 0.352 e. The molecule has 3 aromatic carbocycles. The van der Waals surface area contributed by atoms with Gasteiger partial charge >= 0.3 is 0 Å². The van der Waals surface area contributed by atoms with Gasteiger partial charge in [0.05, 0.1) is 11.8 Å². The number of amides is 3. The number of carbonyl (C=O) groups excluding carboxylic acids is 4. The van der Waals surface area contributed by atoms with Gasteiger partial charge in [0, 0.05) is 54.6 Å². The summed E-state index contributed by atoms with van der Waals surface area (Å²) in [5.74, 6) is -1.19. The van der Waals surface area contributed by atoms with E-state index in [-0.39, 0.29) is 60.5 Å². The lowest BCUT2D eigenvalue weighted by atomic mass is 9.94. The van der Waals surface area contributed by atoms with Crippen LogP contribution in [0.4, 0.5) is 0 Å². The molecule has 0 bridgehead atoms. The van der Waals surface area contributed by atoms with Crippen LogP contribution in [0.5, 0.6) is 0 Å². The number of benzene rings is 3. The smallest absolute Gasteiger partial charge is 0.253 e. The van der Waals surface area contributed by atoms with Gasteiger partial charge < -0.3 is 15.5 Å². The zero-order valence-electron chi connectivity index (χ0n) is 30.9. The van der Waals surface area contributed by atoms with Crippen molar-refractivity contribution in [2.24, 2.45) is 11.8 Å². The molecule has 6 atom stereocenters. The minimum Gasteiger partial charge on any atom is -0.352 e. The summed E-state index contributed by atoms with van der Waals surface area (Å²) in [6, 6.07) is 27.3. The summed E-state index contributed by atoms with van der Waals surface area (Å²) in [5.41, 5.74) is 3.48. The maximum Gasteiger partial charge on any atom is 0.253 e. The Morgan fingerprint density at radius 2 is 0.981 bits per heavy atom. The predicted molar refractivity (Wildman–Crippen MR) is 206 cm³/mol. The van der Waals surface area contributed by atoms with Gasteiger partial charge in [-0.2, -0.15) is 0 Å². The summed E-state index contributed by atoms with van der Waals surface area (Å²) >= 11 is 0. The molecule has 7 nitrogen and oxygen atoms in total. The number of rotatable bonds is 20. The minimum absolute atomic E-state index is 0.0319. The molecule has 3 amide bonds. The predicted octanol–water partition coefficient (Wildman–Crippen LogP) is 8.60. The van der Waals surface area contributed by atoms with Gasteiger partial charge in [-0.05, 0) is 42.5 Å². The van der Waals surface area contributed by atoms with Crippen LogP contribution in [0.3, 0.4) is 0 Å². The molecule has 6 rings (SSSR count). The van der Waals surface area contributed by atoms with E-state index in [4.69, 9.17) is 0 Å². The molecule has 3 fully saturated rings. The maximum absolute atomic E-state index is 13.8. The Bertz CT molecular complexity index is 1550. The number of Topliss-reactive ketones (excluding diaryl/α,β-unsaturated/α-hetero) is 1. The zero-order chi connectivity index (χ0) is 36.3. The quantitative estimate of drug-likeness (QED) is 0.0911. The monoisotopic (exact) mass is 703 g/mol. The molecular formula is C45H57N3O4. The third-order valence-electron chi connectivity index (χ3n) is 11.4. The van der Waals surface area contributed by atoms with E-state index >= 15 is 0 Å². The van der Waals surface area contributed by atoms with Gasteiger partial charge in [-0.1, -0.05) is 144 Å². The van der Waals surface area contributed by atoms with E-state index in [2.05, 4.69) is 41.8 Å². The van der Waals surface area contributed by atoms with Gasteiger partial charge in [0.1, 0.15) is 0 Å². The molecule has 3 aromatic rings. The van der Waals surface area contributed by atoms with Crippen molar-refractivity contribution in [3.05, 3.63) is 107 Å². The van der Waals surface area contributed by atoms with Crippen LogP contribution >= 0.6 is 0 Å². The summed E-state index contributed by atoms with van der Waals surface area (Å²) in [6.07, 6.45) is 15.9.